The molecule has 0 unspecified atom stereocenters. The Balaban J connectivity index is 1.80. The molecule has 0 saturated carbocycles. The monoisotopic (exact) mass is 396 g/mol. The third kappa shape index (κ3) is 3.96. The van der Waals surface area contributed by atoms with Crippen LogP contribution in [0.4, 0.5) is 5.69 Å². The molecule has 2 aromatic carbocycles. The highest BCUT2D eigenvalue weighted by atomic mass is 32.2. The summed E-state index contributed by atoms with van der Waals surface area (Å²) in [4.78, 5) is 23.2. The van der Waals surface area contributed by atoms with Gasteiger partial charge >= 0.3 is 0 Å². The average molecular weight is 396 g/mol. The standard InChI is InChI=1S/C20H20N4O3S/c1-4-23-19(16-8-6-5-7-13(16)2)21-22-20(23)28-12-18(25)15-10-9-14(3)17(11-15)24(26)27/h5-11H,4,12H2,1-3H3. The van der Waals surface area contributed by atoms with Gasteiger partial charge in [-0.3, -0.25) is 14.9 Å². The van der Waals surface area contributed by atoms with Gasteiger partial charge in [0.05, 0.1) is 10.7 Å². The van der Waals surface area contributed by atoms with Crippen molar-refractivity contribution in [3.8, 4) is 11.4 Å². The Morgan fingerprint density at radius 1 is 1.14 bits per heavy atom. The molecule has 0 N–H and O–H groups in total. The second-order valence-electron chi connectivity index (χ2n) is 6.34. The number of Topliss-reactive ketones (excluding diaryl/α,β-unsaturated/α-hetero) is 1. The quantitative estimate of drug-likeness (QED) is 0.253. The molecule has 1 heterocycles. The zero-order chi connectivity index (χ0) is 20.3. The van der Waals surface area contributed by atoms with Gasteiger partial charge in [0.25, 0.3) is 5.69 Å². The topological polar surface area (TPSA) is 90.9 Å². The normalized spacial score (nSPS) is 10.8. The molecule has 0 bridgehead atoms. The molecule has 0 aliphatic carbocycles. The van der Waals surface area contributed by atoms with E-state index in [0.717, 1.165) is 17.0 Å². The Labute approximate surface area is 166 Å². The van der Waals surface area contributed by atoms with Crippen LogP contribution in [-0.2, 0) is 6.54 Å². The number of hydrogen-bond acceptors (Lipinski definition) is 6. The van der Waals surface area contributed by atoms with E-state index in [1.54, 1.807) is 19.1 Å². The highest BCUT2D eigenvalue weighted by molar-refractivity contribution is 7.99. The first-order valence-electron chi connectivity index (χ1n) is 8.82. The van der Waals surface area contributed by atoms with Crippen LogP contribution in [0.1, 0.15) is 28.4 Å². The number of nitro benzene ring substituents is 1. The van der Waals surface area contributed by atoms with Crippen molar-refractivity contribution >= 4 is 23.2 Å². The highest BCUT2D eigenvalue weighted by Crippen LogP contribution is 2.27. The molecule has 28 heavy (non-hydrogen) atoms. The van der Waals surface area contributed by atoms with Crippen molar-refractivity contribution in [3.63, 3.8) is 0 Å². The molecule has 8 heteroatoms. The largest absolute Gasteiger partial charge is 0.302 e. The summed E-state index contributed by atoms with van der Waals surface area (Å²) in [5, 5.41) is 20.3. The first kappa shape index (κ1) is 19.8. The van der Waals surface area contributed by atoms with Gasteiger partial charge in [0.15, 0.2) is 16.8 Å². The average Bonchev–Trinajstić information content (AvgIpc) is 3.09. The summed E-state index contributed by atoms with van der Waals surface area (Å²) >= 11 is 1.28. The number of carbonyl (C=O) groups excluding carboxylic acids is 1. The van der Waals surface area contributed by atoms with Gasteiger partial charge in [-0.2, -0.15) is 0 Å². The van der Waals surface area contributed by atoms with Gasteiger partial charge in [0.2, 0.25) is 0 Å². The van der Waals surface area contributed by atoms with E-state index in [-0.39, 0.29) is 17.2 Å². The minimum atomic E-state index is -0.471. The van der Waals surface area contributed by atoms with Gasteiger partial charge in [0, 0.05) is 29.3 Å². The molecule has 0 aliphatic heterocycles. The lowest BCUT2D eigenvalue weighted by molar-refractivity contribution is -0.385. The molecule has 0 spiro atoms. The highest BCUT2D eigenvalue weighted by Gasteiger charge is 2.18. The first-order valence-corrected chi connectivity index (χ1v) is 9.81. The SMILES string of the molecule is CCn1c(SCC(=O)c2ccc(C)c([N+](=O)[O-])c2)nnc1-c1ccccc1C. The maximum atomic E-state index is 12.5. The number of aromatic nitrogens is 3. The van der Waals surface area contributed by atoms with E-state index in [9.17, 15) is 14.9 Å². The number of nitrogens with zero attached hydrogens (tertiary/aromatic N) is 4. The Bertz CT molecular complexity index is 1050. The molecule has 0 saturated heterocycles. The fourth-order valence-corrected chi connectivity index (χ4v) is 3.79. The summed E-state index contributed by atoms with van der Waals surface area (Å²) in [5.41, 5.74) is 2.91. The lowest BCUT2D eigenvalue weighted by Gasteiger charge is -2.09. The lowest BCUT2D eigenvalue weighted by Crippen LogP contribution is -2.06. The number of nitro groups is 1. The van der Waals surface area contributed by atoms with Crippen LogP contribution in [0.3, 0.4) is 0 Å². The van der Waals surface area contributed by atoms with Crippen LogP contribution in [0.25, 0.3) is 11.4 Å². The van der Waals surface area contributed by atoms with Crippen molar-refractivity contribution in [1.82, 2.24) is 14.8 Å². The van der Waals surface area contributed by atoms with Crippen LogP contribution in [0.2, 0.25) is 0 Å². The van der Waals surface area contributed by atoms with Crippen LogP contribution < -0.4 is 0 Å². The predicted octanol–water partition coefficient (Wildman–Crippen LogP) is 4.47. The molecule has 3 rings (SSSR count). The Kier molecular flexibility index (Phi) is 5.89. The second kappa shape index (κ2) is 8.35. The number of rotatable bonds is 7. The minimum absolute atomic E-state index is 0.0468. The maximum Gasteiger partial charge on any atom is 0.273 e. The Morgan fingerprint density at radius 3 is 2.57 bits per heavy atom. The van der Waals surface area contributed by atoms with Crippen LogP contribution in [0.15, 0.2) is 47.6 Å². The van der Waals surface area contributed by atoms with Gasteiger partial charge in [-0.15, -0.1) is 10.2 Å². The van der Waals surface area contributed by atoms with Crippen molar-refractivity contribution in [2.24, 2.45) is 0 Å². The molecule has 3 aromatic rings. The zero-order valence-electron chi connectivity index (χ0n) is 15.9. The van der Waals surface area contributed by atoms with Gasteiger partial charge in [-0.1, -0.05) is 48.2 Å². The number of benzene rings is 2. The van der Waals surface area contributed by atoms with E-state index in [1.807, 2.05) is 42.7 Å². The maximum absolute atomic E-state index is 12.5. The van der Waals surface area contributed by atoms with Crippen molar-refractivity contribution in [1.29, 1.82) is 0 Å². The number of aryl methyl sites for hydroxylation is 2. The Hall–Kier alpha value is -3.00. The van der Waals surface area contributed by atoms with Crippen LogP contribution in [0, 0.1) is 24.0 Å². The van der Waals surface area contributed by atoms with Crippen LogP contribution >= 0.6 is 11.8 Å². The van der Waals surface area contributed by atoms with E-state index < -0.39 is 4.92 Å². The minimum Gasteiger partial charge on any atom is -0.302 e. The van der Waals surface area contributed by atoms with E-state index in [1.165, 1.54) is 17.8 Å². The van der Waals surface area contributed by atoms with Crippen LogP contribution in [-0.4, -0.2) is 31.2 Å². The van der Waals surface area contributed by atoms with Crippen molar-refractivity contribution < 1.29 is 9.72 Å². The molecular formula is C20H20N4O3S. The molecule has 0 fully saturated rings. The molecule has 0 amide bonds. The summed E-state index contributed by atoms with van der Waals surface area (Å²) in [6, 6.07) is 12.5. The fraction of sp³-hybridized carbons (Fsp3) is 0.250. The van der Waals surface area contributed by atoms with Gasteiger partial charge in [-0.25, -0.2) is 0 Å². The molecular weight excluding hydrogens is 376 g/mol. The molecule has 0 aliphatic rings. The van der Waals surface area contributed by atoms with Gasteiger partial charge in [0.1, 0.15) is 0 Å². The number of carbonyl (C=O) groups is 1. The third-order valence-corrected chi connectivity index (χ3v) is 5.45. The van der Waals surface area contributed by atoms with E-state index >= 15 is 0 Å². The summed E-state index contributed by atoms with van der Waals surface area (Å²) in [5.74, 6) is 0.712. The molecule has 0 radical (unpaired) electrons. The molecule has 0 atom stereocenters. The summed E-state index contributed by atoms with van der Waals surface area (Å²) in [6.07, 6.45) is 0. The van der Waals surface area contributed by atoms with E-state index in [0.29, 0.717) is 22.8 Å². The predicted molar refractivity (Wildman–Crippen MR) is 109 cm³/mol. The lowest BCUT2D eigenvalue weighted by atomic mass is 10.1. The molecule has 144 valence electrons. The third-order valence-electron chi connectivity index (χ3n) is 4.48. The van der Waals surface area contributed by atoms with Gasteiger partial charge < -0.3 is 4.57 Å². The smallest absolute Gasteiger partial charge is 0.273 e. The summed E-state index contributed by atoms with van der Waals surface area (Å²) < 4.78 is 1.97. The Morgan fingerprint density at radius 2 is 1.89 bits per heavy atom. The number of ketones is 1. The number of thioether (sulfide) groups is 1. The molecule has 1 aromatic heterocycles. The van der Waals surface area contributed by atoms with Crippen molar-refractivity contribution in [2.45, 2.75) is 32.5 Å². The van der Waals surface area contributed by atoms with Crippen LogP contribution in [0.5, 0.6) is 0 Å². The zero-order valence-corrected chi connectivity index (χ0v) is 16.7. The second-order valence-corrected chi connectivity index (χ2v) is 7.28. The first-order chi connectivity index (χ1) is 13.4. The van der Waals surface area contributed by atoms with E-state index in [4.69, 9.17) is 0 Å². The fourth-order valence-electron chi connectivity index (χ4n) is 2.90. The molecule has 7 nitrogen and oxygen atoms in total. The van der Waals surface area contributed by atoms with E-state index in [2.05, 4.69) is 10.2 Å². The summed E-state index contributed by atoms with van der Waals surface area (Å²) in [6.45, 7) is 6.34. The van der Waals surface area contributed by atoms with Crippen molar-refractivity contribution in [2.75, 3.05) is 5.75 Å². The summed E-state index contributed by atoms with van der Waals surface area (Å²) in [7, 11) is 0. The van der Waals surface area contributed by atoms with Gasteiger partial charge in [-0.05, 0) is 26.3 Å². The number of hydrogen-bond donors (Lipinski definition) is 0. The van der Waals surface area contributed by atoms with Crippen molar-refractivity contribution in [3.05, 3.63) is 69.3 Å².